The fourth-order valence-corrected chi connectivity index (χ4v) is 1.73. The van der Waals surface area contributed by atoms with Crippen LogP contribution in [0, 0.1) is 0 Å². The van der Waals surface area contributed by atoms with E-state index in [9.17, 15) is 0 Å². The van der Waals surface area contributed by atoms with Crippen molar-refractivity contribution in [2.45, 2.75) is 12.8 Å². The zero-order valence-corrected chi connectivity index (χ0v) is 8.93. The van der Waals surface area contributed by atoms with Gasteiger partial charge in [0.05, 0.1) is 12.3 Å². The van der Waals surface area contributed by atoms with Crippen LogP contribution in [0.2, 0.25) is 0 Å². The molecule has 70 valence electrons. The standard InChI is InChI=1S/C10H12BrNO/c11-8-3-4-9-10(7-8)13-6-2-1-5-12-9/h3-4,7,12H,1-2,5-6H2. The first-order valence-corrected chi connectivity index (χ1v) is 5.32. The number of benzene rings is 1. The van der Waals surface area contributed by atoms with E-state index in [-0.39, 0.29) is 0 Å². The van der Waals surface area contributed by atoms with Gasteiger partial charge in [0.25, 0.3) is 0 Å². The molecule has 0 amide bonds. The predicted octanol–water partition coefficient (Wildman–Crippen LogP) is 3.03. The van der Waals surface area contributed by atoms with Gasteiger partial charge in [-0.3, -0.25) is 0 Å². The fraction of sp³-hybridized carbons (Fsp3) is 0.400. The van der Waals surface area contributed by atoms with E-state index in [1.165, 1.54) is 6.42 Å². The van der Waals surface area contributed by atoms with E-state index in [4.69, 9.17) is 4.74 Å². The third-order valence-corrected chi connectivity index (χ3v) is 2.58. The molecular weight excluding hydrogens is 230 g/mol. The summed E-state index contributed by atoms with van der Waals surface area (Å²) >= 11 is 3.43. The van der Waals surface area contributed by atoms with Crippen LogP contribution in [-0.2, 0) is 0 Å². The van der Waals surface area contributed by atoms with Crippen molar-refractivity contribution < 1.29 is 4.74 Å². The molecule has 0 saturated heterocycles. The summed E-state index contributed by atoms with van der Waals surface area (Å²) in [4.78, 5) is 0. The molecule has 0 spiro atoms. The van der Waals surface area contributed by atoms with Gasteiger partial charge in [-0.25, -0.2) is 0 Å². The van der Waals surface area contributed by atoms with Crippen LogP contribution in [0.3, 0.4) is 0 Å². The molecule has 1 aliphatic rings. The summed E-state index contributed by atoms with van der Waals surface area (Å²) in [7, 11) is 0. The molecule has 0 radical (unpaired) electrons. The molecule has 2 nitrogen and oxygen atoms in total. The molecule has 0 fully saturated rings. The average molecular weight is 242 g/mol. The van der Waals surface area contributed by atoms with Crippen molar-refractivity contribution in [3.05, 3.63) is 22.7 Å². The smallest absolute Gasteiger partial charge is 0.143 e. The second-order valence-corrected chi connectivity index (χ2v) is 4.04. The van der Waals surface area contributed by atoms with E-state index in [0.717, 1.165) is 35.5 Å². The highest BCUT2D eigenvalue weighted by Gasteiger charge is 2.06. The molecule has 1 aromatic carbocycles. The van der Waals surface area contributed by atoms with E-state index < -0.39 is 0 Å². The van der Waals surface area contributed by atoms with Crippen molar-refractivity contribution in [3.8, 4) is 5.75 Å². The van der Waals surface area contributed by atoms with Crippen molar-refractivity contribution in [2.24, 2.45) is 0 Å². The van der Waals surface area contributed by atoms with Gasteiger partial charge in [0, 0.05) is 11.0 Å². The quantitative estimate of drug-likeness (QED) is 0.754. The monoisotopic (exact) mass is 241 g/mol. The minimum atomic E-state index is 0.825. The number of hydrogen-bond donors (Lipinski definition) is 1. The Morgan fingerprint density at radius 2 is 2.23 bits per heavy atom. The number of fused-ring (bicyclic) bond motifs is 1. The first-order chi connectivity index (χ1) is 6.36. The Balaban J connectivity index is 2.28. The summed E-state index contributed by atoms with van der Waals surface area (Å²) in [6.45, 7) is 1.86. The maximum atomic E-state index is 5.62. The molecule has 3 heteroatoms. The Morgan fingerprint density at radius 3 is 3.15 bits per heavy atom. The lowest BCUT2D eigenvalue weighted by Gasteiger charge is -2.16. The summed E-state index contributed by atoms with van der Waals surface area (Å²) in [5.74, 6) is 0.953. The molecule has 13 heavy (non-hydrogen) atoms. The minimum absolute atomic E-state index is 0.825. The Kier molecular flexibility index (Phi) is 2.74. The second kappa shape index (κ2) is 4.01. The highest BCUT2D eigenvalue weighted by molar-refractivity contribution is 9.10. The number of hydrogen-bond acceptors (Lipinski definition) is 2. The van der Waals surface area contributed by atoms with Crippen LogP contribution in [0.25, 0.3) is 0 Å². The van der Waals surface area contributed by atoms with Gasteiger partial charge in [-0.2, -0.15) is 0 Å². The Hall–Kier alpha value is -0.700. The van der Waals surface area contributed by atoms with Crippen molar-refractivity contribution in [2.75, 3.05) is 18.5 Å². The number of rotatable bonds is 0. The topological polar surface area (TPSA) is 21.3 Å². The molecule has 0 saturated carbocycles. The molecule has 1 aliphatic heterocycles. The van der Waals surface area contributed by atoms with Crippen LogP contribution in [0.15, 0.2) is 22.7 Å². The Labute approximate surface area is 86.4 Å². The summed E-state index contributed by atoms with van der Waals surface area (Å²) < 4.78 is 6.68. The van der Waals surface area contributed by atoms with Crippen LogP contribution < -0.4 is 10.1 Å². The fourth-order valence-electron chi connectivity index (χ4n) is 1.39. The number of ether oxygens (including phenoxy) is 1. The van der Waals surface area contributed by atoms with Crippen LogP contribution in [0.4, 0.5) is 5.69 Å². The Bertz CT molecular complexity index is 301. The van der Waals surface area contributed by atoms with E-state index >= 15 is 0 Å². The lowest BCUT2D eigenvalue weighted by atomic mass is 10.2. The predicted molar refractivity (Wildman–Crippen MR) is 57.4 cm³/mol. The van der Waals surface area contributed by atoms with Gasteiger partial charge >= 0.3 is 0 Å². The van der Waals surface area contributed by atoms with Gasteiger partial charge in [0.1, 0.15) is 5.75 Å². The number of anilines is 1. The molecule has 2 rings (SSSR count). The first kappa shape index (κ1) is 8.88. The molecule has 0 bridgehead atoms. The second-order valence-electron chi connectivity index (χ2n) is 3.12. The lowest BCUT2D eigenvalue weighted by Crippen LogP contribution is -2.10. The molecule has 0 unspecified atom stereocenters. The van der Waals surface area contributed by atoms with Gasteiger partial charge in [0.2, 0.25) is 0 Å². The zero-order valence-electron chi connectivity index (χ0n) is 7.35. The van der Waals surface area contributed by atoms with Gasteiger partial charge in [-0.05, 0) is 31.0 Å². The molecule has 1 aromatic rings. The summed E-state index contributed by atoms with van der Waals surface area (Å²) in [6, 6.07) is 6.08. The molecular formula is C10H12BrNO. The van der Waals surface area contributed by atoms with Crippen LogP contribution in [-0.4, -0.2) is 13.2 Å². The number of nitrogens with one attached hydrogen (secondary N) is 1. The van der Waals surface area contributed by atoms with Crippen LogP contribution >= 0.6 is 15.9 Å². The van der Waals surface area contributed by atoms with Crippen molar-refractivity contribution in [1.29, 1.82) is 0 Å². The van der Waals surface area contributed by atoms with Crippen molar-refractivity contribution in [3.63, 3.8) is 0 Å². The molecule has 0 aromatic heterocycles. The van der Waals surface area contributed by atoms with Gasteiger partial charge in [-0.1, -0.05) is 15.9 Å². The van der Waals surface area contributed by atoms with Crippen molar-refractivity contribution in [1.82, 2.24) is 0 Å². The normalized spacial score (nSPS) is 16.1. The van der Waals surface area contributed by atoms with Crippen LogP contribution in [0.1, 0.15) is 12.8 Å². The highest BCUT2D eigenvalue weighted by Crippen LogP contribution is 2.29. The maximum absolute atomic E-state index is 5.62. The number of halogens is 1. The van der Waals surface area contributed by atoms with Gasteiger partial charge < -0.3 is 10.1 Å². The SMILES string of the molecule is Brc1ccc2c(c1)OCCCCN2. The molecule has 1 N–H and O–H groups in total. The van der Waals surface area contributed by atoms with Crippen molar-refractivity contribution >= 4 is 21.6 Å². The van der Waals surface area contributed by atoms with Gasteiger partial charge in [0.15, 0.2) is 0 Å². The largest absolute Gasteiger partial charge is 0.491 e. The van der Waals surface area contributed by atoms with E-state index in [2.05, 4.69) is 21.2 Å². The van der Waals surface area contributed by atoms with Gasteiger partial charge in [-0.15, -0.1) is 0 Å². The minimum Gasteiger partial charge on any atom is -0.491 e. The lowest BCUT2D eigenvalue weighted by molar-refractivity contribution is 0.306. The highest BCUT2D eigenvalue weighted by atomic mass is 79.9. The summed E-state index contributed by atoms with van der Waals surface area (Å²) in [5, 5.41) is 3.35. The third kappa shape index (κ3) is 2.15. The average Bonchev–Trinajstić information content (AvgIpc) is 2.08. The molecule has 1 heterocycles. The van der Waals surface area contributed by atoms with E-state index in [0.29, 0.717) is 0 Å². The first-order valence-electron chi connectivity index (χ1n) is 4.52. The molecule has 0 aliphatic carbocycles. The summed E-state index contributed by atoms with van der Waals surface area (Å²) in [6.07, 6.45) is 2.30. The third-order valence-electron chi connectivity index (χ3n) is 2.09. The maximum Gasteiger partial charge on any atom is 0.143 e. The van der Waals surface area contributed by atoms with E-state index in [1.54, 1.807) is 0 Å². The zero-order chi connectivity index (χ0) is 9.10. The van der Waals surface area contributed by atoms with Crippen LogP contribution in [0.5, 0.6) is 5.75 Å². The van der Waals surface area contributed by atoms with E-state index in [1.807, 2.05) is 18.2 Å². The molecule has 0 atom stereocenters. The Morgan fingerprint density at radius 1 is 1.31 bits per heavy atom. The summed E-state index contributed by atoms with van der Waals surface area (Å²) in [5.41, 5.74) is 1.10.